The van der Waals surface area contributed by atoms with Crippen LogP contribution in [0.2, 0.25) is 0 Å². The normalized spacial score (nSPS) is 9.67. The van der Waals surface area contributed by atoms with Gasteiger partial charge in [-0.3, -0.25) is 14.4 Å². The van der Waals surface area contributed by atoms with Crippen LogP contribution >= 0.6 is 0 Å². The Morgan fingerprint density at radius 2 is 1.22 bits per heavy atom. The van der Waals surface area contributed by atoms with E-state index in [1.165, 1.54) is 5.57 Å². The third-order valence-electron chi connectivity index (χ3n) is 5.70. The van der Waals surface area contributed by atoms with Gasteiger partial charge in [-0.1, -0.05) is 30.9 Å². The Hall–Kier alpha value is -5.70. The number of carbonyl (C=O) groups is 4. The summed E-state index contributed by atoms with van der Waals surface area (Å²) in [6, 6.07) is 18.4. The molecule has 0 unspecified atom stereocenters. The Kier molecular flexibility index (Phi) is 21.6. The maximum atomic E-state index is 11.3. The third kappa shape index (κ3) is 18.9. The molecular formula is C40H48O9. The molecule has 262 valence electrons. The van der Waals surface area contributed by atoms with Crippen molar-refractivity contribution in [1.82, 2.24) is 0 Å². The Morgan fingerprint density at radius 1 is 0.735 bits per heavy atom. The molecule has 0 atom stereocenters. The lowest BCUT2D eigenvalue weighted by molar-refractivity contribution is -0.139. The summed E-state index contributed by atoms with van der Waals surface area (Å²) in [5, 5.41) is 0. The minimum Gasteiger partial charge on any atom is -0.497 e. The molecule has 0 radical (unpaired) electrons. The fourth-order valence-corrected chi connectivity index (χ4v) is 3.43. The third-order valence-corrected chi connectivity index (χ3v) is 5.70. The molecule has 0 spiro atoms. The Morgan fingerprint density at radius 3 is 1.63 bits per heavy atom. The van der Waals surface area contributed by atoms with Crippen molar-refractivity contribution in [2.75, 3.05) is 27.4 Å². The first kappa shape index (κ1) is 43.3. The maximum Gasteiger partial charge on any atom is 0.333 e. The maximum absolute atomic E-state index is 11.3. The Labute approximate surface area is 290 Å². The molecule has 0 aliphatic rings. The van der Waals surface area contributed by atoms with Gasteiger partial charge in [0.15, 0.2) is 0 Å². The molecule has 0 fully saturated rings. The second-order valence-corrected chi connectivity index (χ2v) is 10.8. The van der Waals surface area contributed by atoms with Gasteiger partial charge in [0.1, 0.15) is 48.8 Å². The number of ether oxygens (including phenoxy) is 5. The molecular weight excluding hydrogens is 624 g/mol. The van der Waals surface area contributed by atoms with Crippen molar-refractivity contribution in [3.8, 4) is 34.1 Å². The molecule has 0 heterocycles. The lowest BCUT2D eigenvalue weighted by Crippen LogP contribution is -2.12. The highest BCUT2D eigenvalue weighted by atomic mass is 16.6. The smallest absolute Gasteiger partial charge is 0.333 e. The quantitative estimate of drug-likeness (QED) is 0.0581. The first-order valence-electron chi connectivity index (χ1n) is 15.1. The van der Waals surface area contributed by atoms with E-state index in [0.29, 0.717) is 40.3 Å². The van der Waals surface area contributed by atoms with Crippen LogP contribution in [-0.4, -0.2) is 52.4 Å². The van der Waals surface area contributed by atoms with Gasteiger partial charge < -0.3 is 23.7 Å². The van der Waals surface area contributed by atoms with Crippen LogP contribution < -0.4 is 18.9 Å². The molecule has 3 aromatic rings. The van der Waals surface area contributed by atoms with Gasteiger partial charge in [-0.2, -0.15) is 0 Å². The zero-order valence-electron chi connectivity index (χ0n) is 29.8. The monoisotopic (exact) mass is 672 g/mol. The number of aldehydes is 2. The standard InChI is InChI=1S/C24H24O6.C8H10O2.C4H6O.C4H8/c1-16(2)24(27)29-10-9-28-21-7-5-19(6-8-21)22-13-23(30-15-26)20(12-18(22)4)11-17(3)14-25;1-9-7-3-5-8(10-2)6-4-7;1-4(2)3-5;1-4(2)3/h5-8,11-15H,1,9-10H2,2-4H3;3-6H,1-2H3;3H,1H2,2H3;1H2,2-3H3/b17-11+;;;. The van der Waals surface area contributed by atoms with Gasteiger partial charge in [0.25, 0.3) is 6.47 Å². The summed E-state index contributed by atoms with van der Waals surface area (Å²) in [6.07, 6.45) is 3.13. The van der Waals surface area contributed by atoms with E-state index in [1.54, 1.807) is 59.3 Å². The van der Waals surface area contributed by atoms with Crippen LogP contribution in [0.3, 0.4) is 0 Å². The predicted octanol–water partition coefficient (Wildman–Crippen LogP) is 8.35. The Balaban J connectivity index is 0.000000982. The number of methoxy groups -OCH3 is 2. The van der Waals surface area contributed by atoms with Gasteiger partial charge in [0.05, 0.1) is 14.2 Å². The first-order valence-corrected chi connectivity index (χ1v) is 15.1. The zero-order valence-corrected chi connectivity index (χ0v) is 29.8. The lowest BCUT2D eigenvalue weighted by Gasteiger charge is -2.13. The lowest BCUT2D eigenvalue weighted by atomic mass is 9.97. The van der Waals surface area contributed by atoms with E-state index >= 15 is 0 Å². The van der Waals surface area contributed by atoms with E-state index in [-0.39, 0.29) is 13.2 Å². The molecule has 3 aromatic carbocycles. The predicted molar refractivity (Wildman–Crippen MR) is 195 cm³/mol. The van der Waals surface area contributed by atoms with Gasteiger partial charge in [-0.05, 0) is 124 Å². The van der Waals surface area contributed by atoms with Gasteiger partial charge >= 0.3 is 5.97 Å². The number of benzene rings is 3. The highest BCUT2D eigenvalue weighted by Gasteiger charge is 2.10. The molecule has 49 heavy (non-hydrogen) atoms. The van der Waals surface area contributed by atoms with E-state index in [9.17, 15) is 19.2 Å². The summed E-state index contributed by atoms with van der Waals surface area (Å²) < 4.78 is 25.6. The van der Waals surface area contributed by atoms with E-state index in [2.05, 4.69) is 19.7 Å². The fraction of sp³-hybridized carbons (Fsp3) is 0.250. The summed E-state index contributed by atoms with van der Waals surface area (Å²) in [5.41, 5.74) is 6.01. The van der Waals surface area contributed by atoms with Crippen LogP contribution in [0.25, 0.3) is 17.2 Å². The van der Waals surface area contributed by atoms with E-state index in [1.807, 2.05) is 63.2 Å². The number of allylic oxidation sites excluding steroid dienone is 3. The summed E-state index contributed by atoms with van der Waals surface area (Å²) in [4.78, 5) is 42.6. The van der Waals surface area contributed by atoms with Crippen molar-refractivity contribution in [2.24, 2.45) is 0 Å². The first-order chi connectivity index (χ1) is 23.2. The number of aryl methyl sites for hydroxylation is 1. The van der Waals surface area contributed by atoms with Gasteiger partial charge in [-0.25, -0.2) is 4.79 Å². The number of rotatable bonds is 13. The average Bonchev–Trinajstić information content (AvgIpc) is 3.08. The fourth-order valence-electron chi connectivity index (χ4n) is 3.43. The molecule has 9 nitrogen and oxygen atoms in total. The summed E-state index contributed by atoms with van der Waals surface area (Å²) in [6.45, 7) is 21.9. The van der Waals surface area contributed by atoms with Gasteiger partial charge in [-0.15, -0.1) is 6.58 Å². The zero-order chi connectivity index (χ0) is 37.4. The minimum absolute atomic E-state index is 0.133. The minimum atomic E-state index is -0.445. The summed E-state index contributed by atoms with van der Waals surface area (Å²) >= 11 is 0. The summed E-state index contributed by atoms with van der Waals surface area (Å²) in [5.74, 6) is 2.25. The average molecular weight is 673 g/mol. The van der Waals surface area contributed by atoms with E-state index in [4.69, 9.17) is 23.7 Å². The van der Waals surface area contributed by atoms with Gasteiger partial charge in [0.2, 0.25) is 0 Å². The van der Waals surface area contributed by atoms with Crippen molar-refractivity contribution in [2.45, 2.75) is 41.5 Å². The van der Waals surface area contributed by atoms with Crippen molar-refractivity contribution in [3.63, 3.8) is 0 Å². The number of esters is 1. The van der Waals surface area contributed by atoms with Crippen molar-refractivity contribution in [3.05, 3.63) is 114 Å². The molecule has 0 bridgehead atoms. The number of hydrogen-bond donors (Lipinski definition) is 0. The van der Waals surface area contributed by atoms with Crippen LogP contribution in [0, 0.1) is 6.92 Å². The topological polar surface area (TPSA) is 114 Å². The van der Waals surface area contributed by atoms with Crippen LogP contribution in [0.1, 0.15) is 45.7 Å². The van der Waals surface area contributed by atoms with Crippen LogP contribution in [0.4, 0.5) is 0 Å². The molecule has 3 rings (SSSR count). The SMILES string of the molecule is C=C(C)C.C=C(C)C(=O)OCCOc1ccc(-c2cc(OC=O)c(/C=C(\C)C=O)cc2C)cc1.C=C(C)C=O.COc1ccc(OC)cc1. The van der Waals surface area contributed by atoms with E-state index < -0.39 is 5.97 Å². The van der Waals surface area contributed by atoms with Crippen LogP contribution in [0.5, 0.6) is 23.0 Å². The van der Waals surface area contributed by atoms with E-state index in [0.717, 1.165) is 40.8 Å². The largest absolute Gasteiger partial charge is 0.497 e. The Bertz CT molecular complexity index is 1540. The second kappa shape index (κ2) is 24.5. The molecule has 0 aliphatic carbocycles. The summed E-state index contributed by atoms with van der Waals surface area (Å²) in [7, 11) is 3.28. The van der Waals surface area contributed by atoms with Crippen LogP contribution in [-0.2, 0) is 23.9 Å². The molecule has 0 amide bonds. The molecule has 9 heteroatoms. The van der Waals surface area contributed by atoms with Crippen LogP contribution in [0.15, 0.2) is 103 Å². The van der Waals surface area contributed by atoms with Crippen molar-refractivity contribution >= 4 is 31.1 Å². The molecule has 0 saturated heterocycles. The molecule has 0 aromatic heterocycles. The van der Waals surface area contributed by atoms with Crippen molar-refractivity contribution in [1.29, 1.82) is 0 Å². The molecule has 0 saturated carbocycles. The second-order valence-electron chi connectivity index (χ2n) is 10.8. The highest BCUT2D eigenvalue weighted by molar-refractivity contribution is 5.87. The van der Waals surface area contributed by atoms with Crippen molar-refractivity contribution < 1.29 is 42.9 Å². The molecule has 0 N–H and O–H groups in total. The number of hydrogen-bond acceptors (Lipinski definition) is 9. The number of carbonyl (C=O) groups excluding carboxylic acids is 4. The highest BCUT2D eigenvalue weighted by Crippen LogP contribution is 2.33. The molecule has 0 aliphatic heterocycles. The van der Waals surface area contributed by atoms with Gasteiger partial charge in [0, 0.05) is 11.1 Å².